The summed E-state index contributed by atoms with van der Waals surface area (Å²) in [6.45, 7) is 6.42. The second-order valence-electron chi connectivity index (χ2n) is 16.0. The molecule has 6 heteroatoms. The van der Waals surface area contributed by atoms with E-state index in [9.17, 15) is 14.4 Å². The molecule has 0 aliphatic carbocycles. The highest BCUT2D eigenvalue weighted by molar-refractivity contribution is 5.71. The highest BCUT2D eigenvalue weighted by atomic mass is 16.6. The van der Waals surface area contributed by atoms with Crippen LogP contribution < -0.4 is 0 Å². The number of rotatable bonds is 43. The van der Waals surface area contributed by atoms with Gasteiger partial charge in [0.1, 0.15) is 13.2 Å². The van der Waals surface area contributed by atoms with Gasteiger partial charge < -0.3 is 14.2 Å². The molecule has 0 amide bonds. The lowest BCUT2D eigenvalue weighted by molar-refractivity contribution is -0.167. The fraction of sp³-hybridized carbons (Fsp3) is 0.717. The zero-order chi connectivity index (χ0) is 43.0. The Labute approximate surface area is 363 Å². The molecule has 0 aliphatic heterocycles. The molecule has 59 heavy (non-hydrogen) atoms. The van der Waals surface area contributed by atoms with Crippen molar-refractivity contribution >= 4 is 17.9 Å². The zero-order valence-electron chi connectivity index (χ0n) is 38.5. The van der Waals surface area contributed by atoms with Gasteiger partial charge in [-0.15, -0.1) is 0 Å². The summed E-state index contributed by atoms with van der Waals surface area (Å²) in [4.78, 5) is 37.8. The lowest BCUT2D eigenvalue weighted by Crippen LogP contribution is -2.30. The highest BCUT2D eigenvalue weighted by Crippen LogP contribution is 2.13. The summed E-state index contributed by atoms with van der Waals surface area (Å²) in [6, 6.07) is 0. The normalized spacial score (nSPS) is 12.7. The maximum atomic E-state index is 12.7. The van der Waals surface area contributed by atoms with Crippen molar-refractivity contribution in [1.82, 2.24) is 0 Å². The summed E-state index contributed by atoms with van der Waals surface area (Å²) in [6.07, 6.45) is 58.8. The van der Waals surface area contributed by atoms with E-state index in [4.69, 9.17) is 14.2 Å². The third-order valence-electron chi connectivity index (χ3n) is 10.2. The predicted octanol–water partition coefficient (Wildman–Crippen LogP) is 15.9. The van der Waals surface area contributed by atoms with Crippen molar-refractivity contribution in [3.63, 3.8) is 0 Å². The fourth-order valence-corrected chi connectivity index (χ4v) is 6.47. The molecule has 0 aromatic carbocycles. The Morgan fingerprint density at radius 3 is 1.14 bits per heavy atom. The van der Waals surface area contributed by atoms with Gasteiger partial charge in [-0.3, -0.25) is 14.4 Å². The van der Waals surface area contributed by atoms with Crippen molar-refractivity contribution in [3.8, 4) is 0 Å². The lowest BCUT2D eigenvalue weighted by Gasteiger charge is -2.18. The number of allylic oxidation sites excluding steroid dienone is 12. The number of carbonyl (C=O) groups excluding carboxylic acids is 3. The first kappa shape index (κ1) is 55.9. The van der Waals surface area contributed by atoms with Crippen LogP contribution in [0.2, 0.25) is 0 Å². The van der Waals surface area contributed by atoms with Crippen LogP contribution >= 0.6 is 0 Å². The van der Waals surface area contributed by atoms with Crippen LogP contribution in [0.15, 0.2) is 72.9 Å². The second kappa shape index (κ2) is 47.5. The number of ether oxygens (including phenoxy) is 3. The SMILES string of the molecule is CC/C=C\C/C=C\C/C=C\C/C=C\CCCCC(=O)O[C@@H](COC(=O)CCCCCCC/C=C\CCCC)COC(=O)CCCCCCC/C=C\CCCCCCCC. The molecule has 0 unspecified atom stereocenters. The van der Waals surface area contributed by atoms with E-state index in [2.05, 4.69) is 93.7 Å². The van der Waals surface area contributed by atoms with Crippen molar-refractivity contribution in [2.24, 2.45) is 0 Å². The maximum absolute atomic E-state index is 12.7. The molecule has 0 aromatic rings. The van der Waals surface area contributed by atoms with Crippen molar-refractivity contribution in [2.45, 2.75) is 232 Å². The Morgan fingerprint density at radius 2 is 0.678 bits per heavy atom. The number of hydrogen-bond acceptors (Lipinski definition) is 6. The van der Waals surface area contributed by atoms with Gasteiger partial charge in [-0.2, -0.15) is 0 Å². The van der Waals surface area contributed by atoms with Crippen LogP contribution in [-0.4, -0.2) is 37.2 Å². The summed E-state index contributed by atoms with van der Waals surface area (Å²) >= 11 is 0. The monoisotopic (exact) mass is 823 g/mol. The first-order valence-electron chi connectivity index (χ1n) is 24.4. The average Bonchev–Trinajstić information content (AvgIpc) is 3.23. The standard InChI is InChI=1S/C53H90O6/c1-4-7-10-13-16-19-22-24-26-28-31-34-37-40-43-46-52(55)58-49-50(48-57-51(54)45-42-39-36-33-30-21-18-15-12-9-6-3)59-53(56)47-44-41-38-35-32-29-27-25-23-20-17-14-11-8-5-2/h8,11,15,17-18,20,24-27,32,35,50H,4-7,9-10,12-14,16,19,21-23,28-31,33-34,36-49H2,1-3H3/b11-8-,18-15-,20-17-,26-24-,27-25-,35-32-/t50-/m0/s1. The van der Waals surface area contributed by atoms with E-state index in [0.29, 0.717) is 19.3 Å². The van der Waals surface area contributed by atoms with E-state index in [1.165, 1.54) is 83.5 Å². The molecule has 0 saturated carbocycles. The molecule has 0 spiro atoms. The highest BCUT2D eigenvalue weighted by Gasteiger charge is 2.19. The van der Waals surface area contributed by atoms with Crippen molar-refractivity contribution < 1.29 is 28.6 Å². The molecule has 6 nitrogen and oxygen atoms in total. The molecule has 0 heterocycles. The Kier molecular flexibility index (Phi) is 45.0. The minimum Gasteiger partial charge on any atom is -0.462 e. The number of esters is 3. The molecule has 0 N–H and O–H groups in total. The van der Waals surface area contributed by atoms with Crippen LogP contribution in [0.3, 0.4) is 0 Å². The Morgan fingerprint density at radius 1 is 0.356 bits per heavy atom. The summed E-state index contributed by atoms with van der Waals surface area (Å²) in [5, 5.41) is 0. The largest absolute Gasteiger partial charge is 0.462 e. The summed E-state index contributed by atoms with van der Waals surface area (Å²) < 4.78 is 16.7. The quantitative estimate of drug-likeness (QED) is 0.0264. The van der Waals surface area contributed by atoms with Crippen LogP contribution in [-0.2, 0) is 28.6 Å². The first-order chi connectivity index (χ1) is 29.0. The van der Waals surface area contributed by atoms with E-state index in [1.54, 1.807) is 0 Å². The van der Waals surface area contributed by atoms with Crippen LogP contribution in [0.25, 0.3) is 0 Å². The molecule has 0 radical (unpaired) electrons. The minimum absolute atomic E-state index is 0.0994. The Bertz CT molecular complexity index is 1130. The maximum Gasteiger partial charge on any atom is 0.306 e. The lowest BCUT2D eigenvalue weighted by atomic mass is 10.1. The molecular formula is C53H90O6. The topological polar surface area (TPSA) is 78.9 Å². The van der Waals surface area contributed by atoms with E-state index < -0.39 is 6.10 Å². The third kappa shape index (κ3) is 45.8. The number of hydrogen-bond donors (Lipinski definition) is 0. The van der Waals surface area contributed by atoms with Crippen LogP contribution in [0.5, 0.6) is 0 Å². The summed E-state index contributed by atoms with van der Waals surface area (Å²) in [5.74, 6) is -0.962. The average molecular weight is 823 g/mol. The molecule has 1 atom stereocenters. The Balaban J connectivity index is 4.47. The van der Waals surface area contributed by atoms with Gasteiger partial charge >= 0.3 is 17.9 Å². The number of unbranched alkanes of at least 4 members (excludes halogenated alkanes) is 20. The van der Waals surface area contributed by atoms with Crippen molar-refractivity contribution in [3.05, 3.63) is 72.9 Å². The van der Waals surface area contributed by atoms with E-state index in [-0.39, 0.29) is 37.5 Å². The smallest absolute Gasteiger partial charge is 0.306 e. The van der Waals surface area contributed by atoms with E-state index in [1.807, 2.05) is 0 Å². The first-order valence-corrected chi connectivity index (χ1v) is 24.4. The van der Waals surface area contributed by atoms with E-state index in [0.717, 1.165) is 96.3 Å². The van der Waals surface area contributed by atoms with Crippen LogP contribution in [0.4, 0.5) is 0 Å². The molecule has 338 valence electrons. The second-order valence-corrected chi connectivity index (χ2v) is 16.0. The van der Waals surface area contributed by atoms with Gasteiger partial charge in [0.05, 0.1) is 0 Å². The van der Waals surface area contributed by atoms with Crippen LogP contribution in [0.1, 0.15) is 226 Å². The molecule has 0 saturated heterocycles. The van der Waals surface area contributed by atoms with Gasteiger partial charge in [-0.1, -0.05) is 177 Å². The minimum atomic E-state index is -0.802. The van der Waals surface area contributed by atoms with Gasteiger partial charge in [0, 0.05) is 19.3 Å². The number of carbonyl (C=O) groups is 3. The van der Waals surface area contributed by atoms with Gasteiger partial charge in [-0.05, 0) is 103 Å². The van der Waals surface area contributed by atoms with Gasteiger partial charge in [0.25, 0.3) is 0 Å². The molecule has 0 rings (SSSR count). The predicted molar refractivity (Wildman–Crippen MR) is 251 cm³/mol. The van der Waals surface area contributed by atoms with Gasteiger partial charge in [-0.25, -0.2) is 0 Å². The van der Waals surface area contributed by atoms with Gasteiger partial charge in [0.15, 0.2) is 6.10 Å². The summed E-state index contributed by atoms with van der Waals surface area (Å²) in [7, 11) is 0. The van der Waals surface area contributed by atoms with Crippen molar-refractivity contribution in [1.29, 1.82) is 0 Å². The third-order valence-corrected chi connectivity index (χ3v) is 10.2. The molecule has 0 aromatic heterocycles. The molecular weight excluding hydrogens is 733 g/mol. The van der Waals surface area contributed by atoms with Gasteiger partial charge in [0.2, 0.25) is 0 Å². The molecule has 0 bridgehead atoms. The van der Waals surface area contributed by atoms with E-state index >= 15 is 0 Å². The van der Waals surface area contributed by atoms with Crippen LogP contribution in [0, 0.1) is 0 Å². The fourth-order valence-electron chi connectivity index (χ4n) is 6.47. The molecule has 0 aliphatic rings. The zero-order valence-corrected chi connectivity index (χ0v) is 38.5. The summed E-state index contributed by atoms with van der Waals surface area (Å²) in [5.41, 5.74) is 0. The Hall–Kier alpha value is -3.15. The van der Waals surface area contributed by atoms with Crippen molar-refractivity contribution in [2.75, 3.05) is 13.2 Å². The molecule has 0 fully saturated rings.